The Morgan fingerprint density at radius 2 is 1.46 bits per heavy atom. The molecule has 1 heterocycles. The van der Waals surface area contributed by atoms with E-state index >= 15 is 0 Å². The summed E-state index contributed by atoms with van der Waals surface area (Å²) in [6.45, 7) is 5.82. The highest BCUT2D eigenvalue weighted by Gasteiger charge is 2.20. The lowest BCUT2D eigenvalue weighted by Gasteiger charge is -2.15. The van der Waals surface area contributed by atoms with Gasteiger partial charge in [0.15, 0.2) is 5.82 Å². The Kier molecular flexibility index (Phi) is 6.27. The molecule has 4 aromatic carbocycles. The largest absolute Gasteiger partial charge is 0.508 e. The fourth-order valence-corrected chi connectivity index (χ4v) is 5.51. The van der Waals surface area contributed by atoms with Gasteiger partial charge in [0.25, 0.3) is 10.0 Å². The van der Waals surface area contributed by atoms with Crippen LogP contribution in [0, 0.1) is 20.8 Å². The molecule has 0 radical (unpaired) electrons. The van der Waals surface area contributed by atoms with Gasteiger partial charge in [-0.2, -0.15) is 0 Å². The summed E-state index contributed by atoms with van der Waals surface area (Å²) in [5.41, 5.74) is 5.36. The van der Waals surface area contributed by atoms with Crippen molar-refractivity contribution in [3.63, 3.8) is 0 Å². The number of anilines is 3. The number of aromatic nitrogens is 2. The van der Waals surface area contributed by atoms with Crippen LogP contribution >= 0.6 is 0 Å². The molecule has 7 nitrogen and oxygen atoms in total. The van der Waals surface area contributed by atoms with Gasteiger partial charge < -0.3 is 10.4 Å². The van der Waals surface area contributed by atoms with Crippen molar-refractivity contribution in [3.8, 4) is 17.0 Å². The number of nitrogens with zero attached hydrogens (tertiary/aromatic N) is 2. The van der Waals surface area contributed by atoms with Crippen molar-refractivity contribution >= 4 is 38.0 Å². The van der Waals surface area contributed by atoms with Gasteiger partial charge in [0.2, 0.25) is 0 Å². The summed E-state index contributed by atoms with van der Waals surface area (Å²) in [5, 5.41) is 23.6. The molecule has 5 rings (SSSR count). The van der Waals surface area contributed by atoms with E-state index in [1.54, 1.807) is 19.1 Å². The zero-order valence-electron chi connectivity index (χ0n) is 20.6. The molecule has 3 N–H and O–H groups in total. The van der Waals surface area contributed by atoms with Crippen molar-refractivity contribution in [2.75, 3.05) is 10.0 Å². The maximum Gasteiger partial charge on any atom is 0.262 e. The molecule has 0 atom stereocenters. The number of nitrogens with one attached hydrogen (secondary N) is 2. The summed E-state index contributed by atoms with van der Waals surface area (Å²) in [5.74, 6) is 0.684. The molecule has 0 saturated heterocycles. The topological polar surface area (TPSA) is 104 Å². The van der Waals surface area contributed by atoms with Gasteiger partial charge in [-0.3, -0.25) is 4.72 Å². The molecule has 0 aliphatic rings. The predicted molar refractivity (Wildman–Crippen MR) is 148 cm³/mol. The second-order valence-corrected chi connectivity index (χ2v) is 10.7. The molecule has 0 spiro atoms. The lowest BCUT2D eigenvalue weighted by Crippen LogP contribution is -2.14. The third-order valence-electron chi connectivity index (χ3n) is 6.20. The van der Waals surface area contributed by atoms with Gasteiger partial charge in [-0.1, -0.05) is 48.5 Å². The van der Waals surface area contributed by atoms with Crippen LogP contribution in [0.2, 0.25) is 0 Å². The molecule has 186 valence electrons. The minimum Gasteiger partial charge on any atom is -0.508 e. The Morgan fingerprint density at radius 3 is 2.22 bits per heavy atom. The number of aryl methyl sites for hydroxylation is 3. The maximum atomic E-state index is 13.3. The van der Waals surface area contributed by atoms with Gasteiger partial charge in [0, 0.05) is 27.7 Å². The van der Waals surface area contributed by atoms with Crippen molar-refractivity contribution < 1.29 is 13.5 Å². The molecule has 0 amide bonds. The molecule has 37 heavy (non-hydrogen) atoms. The number of rotatable bonds is 6. The summed E-state index contributed by atoms with van der Waals surface area (Å²) in [7, 11) is -3.89. The summed E-state index contributed by atoms with van der Waals surface area (Å²) in [4.78, 5) is 0.140. The van der Waals surface area contributed by atoms with E-state index in [0.717, 1.165) is 27.6 Å². The molecule has 8 heteroatoms. The van der Waals surface area contributed by atoms with Crippen LogP contribution in [0.4, 0.5) is 17.2 Å². The van der Waals surface area contributed by atoms with E-state index in [0.29, 0.717) is 28.3 Å². The van der Waals surface area contributed by atoms with Gasteiger partial charge in [-0.05, 0) is 73.9 Å². The summed E-state index contributed by atoms with van der Waals surface area (Å²) in [6.07, 6.45) is 0. The quantitative estimate of drug-likeness (QED) is 0.226. The highest BCUT2D eigenvalue weighted by molar-refractivity contribution is 7.92. The number of phenols is 1. The highest BCUT2D eigenvalue weighted by atomic mass is 32.2. The average molecular weight is 511 g/mol. The fourth-order valence-electron chi connectivity index (χ4n) is 4.18. The number of hydrogen-bond acceptors (Lipinski definition) is 6. The van der Waals surface area contributed by atoms with Crippen LogP contribution in [-0.4, -0.2) is 23.7 Å². The van der Waals surface area contributed by atoms with E-state index in [1.807, 2.05) is 44.2 Å². The van der Waals surface area contributed by atoms with E-state index in [4.69, 9.17) is 0 Å². The molecule has 5 aromatic rings. The van der Waals surface area contributed by atoms with Crippen LogP contribution in [0.5, 0.6) is 5.75 Å². The number of phenolic OH excluding ortho intramolecular Hbond substituents is 1. The van der Waals surface area contributed by atoms with Crippen LogP contribution in [0.3, 0.4) is 0 Å². The van der Waals surface area contributed by atoms with Crippen LogP contribution < -0.4 is 10.0 Å². The second kappa shape index (κ2) is 9.55. The highest BCUT2D eigenvalue weighted by Crippen LogP contribution is 2.33. The summed E-state index contributed by atoms with van der Waals surface area (Å²) >= 11 is 0. The number of benzene rings is 4. The lowest BCUT2D eigenvalue weighted by atomic mass is 10.0. The van der Waals surface area contributed by atoms with Crippen molar-refractivity contribution in [2.24, 2.45) is 0 Å². The molecule has 1 aromatic heterocycles. The molecule has 0 unspecified atom stereocenters. The Balaban J connectivity index is 1.56. The molecule has 0 fully saturated rings. The first kappa shape index (κ1) is 24.3. The van der Waals surface area contributed by atoms with Gasteiger partial charge in [-0.25, -0.2) is 8.42 Å². The van der Waals surface area contributed by atoms with E-state index in [2.05, 4.69) is 38.4 Å². The van der Waals surface area contributed by atoms with E-state index < -0.39 is 10.0 Å². The molecular formula is C29H26N4O3S. The first-order chi connectivity index (χ1) is 17.7. The Morgan fingerprint density at radius 1 is 0.757 bits per heavy atom. The van der Waals surface area contributed by atoms with Gasteiger partial charge >= 0.3 is 0 Å². The maximum absolute atomic E-state index is 13.3. The average Bonchev–Trinajstić information content (AvgIpc) is 2.88. The van der Waals surface area contributed by atoms with Gasteiger partial charge in [0.05, 0.1) is 4.90 Å². The van der Waals surface area contributed by atoms with E-state index in [9.17, 15) is 13.5 Å². The zero-order chi connectivity index (χ0) is 26.2. The Bertz CT molecular complexity index is 1730. The first-order valence-corrected chi connectivity index (χ1v) is 13.2. The second-order valence-electron chi connectivity index (χ2n) is 9.02. The minimum atomic E-state index is -3.89. The molecule has 0 aliphatic heterocycles. The van der Waals surface area contributed by atoms with Crippen LogP contribution in [0.25, 0.3) is 22.0 Å². The van der Waals surface area contributed by atoms with E-state index in [1.165, 1.54) is 24.3 Å². The molecule has 0 saturated carbocycles. The van der Waals surface area contributed by atoms with Crippen molar-refractivity contribution in [1.82, 2.24) is 10.2 Å². The normalized spacial score (nSPS) is 11.4. The van der Waals surface area contributed by atoms with Crippen LogP contribution in [0.15, 0.2) is 89.8 Å². The third-order valence-corrected chi connectivity index (χ3v) is 7.73. The molecular weight excluding hydrogens is 484 g/mol. The number of hydrogen-bond donors (Lipinski definition) is 3. The Labute approximate surface area is 215 Å². The third kappa shape index (κ3) is 4.96. The van der Waals surface area contributed by atoms with Gasteiger partial charge in [0.1, 0.15) is 11.4 Å². The smallest absolute Gasteiger partial charge is 0.262 e. The monoisotopic (exact) mass is 510 g/mol. The molecule has 0 bridgehead atoms. The van der Waals surface area contributed by atoms with Crippen LogP contribution in [0.1, 0.15) is 16.7 Å². The molecule has 0 aliphatic carbocycles. The standard InChI is InChI=1S/C29H26N4O3S/c1-18-8-9-19(2)26(16-18)30-29-25-7-5-4-6-24(25)28(31-32-29)21-11-10-20(3)27(17-21)37(35,36)33-22-12-14-23(34)15-13-22/h4-17,33-34H,1-3H3,(H,30,32). The predicted octanol–water partition coefficient (Wildman–Crippen LogP) is 6.47. The summed E-state index contributed by atoms with van der Waals surface area (Å²) in [6, 6.07) is 25.1. The minimum absolute atomic E-state index is 0.0575. The number of aromatic hydroxyl groups is 1. The van der Waals surface area contributed by atoms with Crippen molar-refractivity contribution in [1.29, 1.82) is 0 Å². The zero-order valence-corrected chi connectivity index (χ0v) is 21.5. The Hall–Kier alpha value is -4.43. The van der Waals surface area contributed by atoms with Crippen LogP contribution in [-0.2, 0) is 10.0 Å². The van der Waals surface area contributed by atoms with E-state index in [-0.39, 0.29) is 10.6 Å². The lowest BCUT2D eigenvalue weighted by molar-refractivity contribution is 0.475. The first-order valence-electron chi connectivity index (χ1n) is 11.7. The van der Waals surface area contributed by atoms with Crippen molar-refractivity contribution in [3.05, 3.63) is 102 Å². The number of fused-ring (bicyclic) bond motifs is 1. The number of sulfonamides is 1. The van der Waals surface area contributed by atoms with Gasteiger partial charge in [-0.15, -0.1) is 10.2 Å². The SMILES string of the molecule is Cc1ccc(C)c(Nc2nnc(-c3ccc(C)c(S(=O)(=O)Nc4ccc(O)cc4)c3)c3ccccc23)c1. The fraction of sp³-hybridized carbons (Fsp3) is 0.103. The summed E-state index contributed by atoms with van der Waals surface area (Å²) < 4.78 is 29.1. The van der Waals surface area contributed by atoms with Crippen molar-refractivity contribution in [2.45, 2.75) is 25.7 Å².